The molecule has 0 heterocycles. The minimum Gasteiger partial charge on any atom is -0.463 e. The monoisotopic (exact) mass is 279 g/mol. The van der Waals surface area contributed by atoms with Crippen LogP contribution in [0.4, 0.5) is 0 Å². The number of ether oxygens (including phenoxy) is 1. The molecule has 1 aliphatic rings. The number of rotatable bonds is 4. The van der Waals surface area contributed by atoms with E-state index < -0.39 is 0 Å². The van der Waals surface area contributed by atoms with Crippen LogP contribution in [-0.2, 0) is 14.9 Å². The van der Waals surface area contributed by atoms with Gasteiger partial charge in [0.2, 0.25) is 0 Å². The van der Waals surface area contributed by atoms with Crippen LogP contribution in [0.5, 0.6) is 0 Å². The van der Waals surface area contributed by atoms with Crippen LogP contribution in [0.1, 0.15) is 31.7 Å². The molecular formula is C15H18ClNO2. The fourth-order valence-electron chi connectivity index (χ4n) is 2.49. The summed E-state index contributed by atoms with van der Waals surface area (Å²) in [6.07, 6.45) is 4.43. The molecule has 2 N–H and O–H groups in total. The average Bonchev–Trinajstić information content (AvgIpc) is 2.30. The van der Waals surface area contributed by atoms with E-state index in [1.165, 1.54) is 6.08 Å². The average molecular weight is 280 g/mol. The summed E-state index contributed by atoms with van der Waals surface area (Å²) in [4.78, 5) is 11.5. The summed E-state index contributed by atoms with van der Waals surface area (Å²) in [5, 5.41) is 0.700. The minimum absolute atomic E-state index is 0.225. The quantitative estimate of drug-likeness (QED) is 0.680. The maximum atomic E-state index is 11.5. The van der Waals surface area contributed by atoms with Crippen molar-refractivity contribution in [2.75, 3.05) is 6.61 Å². The lowest BCUT2D eigenvalue weighted by Crippen LogP contribution is -2.40. The highest BCUT2D eigenvalue weighted by Gasteiger charge is 2.41. The molecule has 3 nitrogen and oxygen atoms in total. The predicted octanol–water partition coefficient (Wildman–Crippen LogP) is 3.17. The van der Waals surface area contributed by atoms with Gasteiger partial charge >= 0.3 is 5.97 Å². The molecule has 0 aromatic heterocycles. The van der Waals surface area contributed by atoms with Crippen LogP contribution < -0.4 is 5.73 Å². The van der Waals surface area contributed by atoms with Gasteiger partial charge < -0.3 is 10.5 Å². The lowest BCUT2D eigenvalue weighted by Gasteiger charge is -2.43. The second-order valence-corrected chi connectivity index (χ2v) is 5.23. The molecular weight excluding hydrogens is 262 g/mol. The van der Waals surface area contributed by atoms with Crippen molar-refractivity contribution in [1.29, 1.82) is 0 Å². The number of nitrogens with two attached hydrogens (primary N) is 1. The Morgan fingerprint density at radius 2 is 2.05 bits per heavy atom. The van der Waals surface area contributed by atoms with E-state index in [9.17, 15) is 4.79 Å². The zero-order chi connectivity index (χ0) is 13.9. The van der Waals surface area contributed by atoms with E-state index in [4.69, 9.17) is 22.1 Å². The Hall–Kier alpha value is -1.48. The van der Waals surface area contributed by atoms with Gasteiger partial charge in [0.25, 0.3) is 0 Å². The first-order valence-electron chi connectivity index (χ1n) is 6.49. The van der Waals surface area contributed by atoms with Crippen molar-refractivity contribution in [3.05, 3.63) is 46.6 Å². The van der Waals surface area contributed by atoms with Gasteiger partial charge in [0.1, 0.15) is 0 Å². The molecule has 4 heteroatoms. The second kappa shape index (κ2) is 5.66. The van der Waals surface area contributed by atoms with E-state index in [1.54, 1.807) is 6.92 Å². The summed E-state index contributed by atoms with van der Waals surface area (Å²) in [5.41, 5.74) is 7.61. The van der Waals surface area contributed by atoms with Gasteiger partial charge in [-0.15, -0.1) is 0 Å². The molecule has 1 fully saturated rings. The van der Waals surface area contributed by atoms with Gasteiger partial charge in [0, 0.05) is 22.2 Å². The predicted molar refractivity (Wildman–Crippen MR) is 75.9 cm³/mol. The SMILES string of the molecule is CCOC(=O)C=C(N)C1(c2ccc(Cl)cc2)CCC1. The molecule has 1 aliphatic carbocycles. The maximum absolute atomic E-state index is 11.5. The van der Waals surface area contributed by atoms with Crippen LogP contribution in [0, 0.1) is 0 Å². The number of esters is 1. The minimum atomic E-state index is -0.375. The smallest absolute Gasteiger partial charge is 0.332 e. The Balaban J connectivity index is 2.27. The number of halogens is 1. The highest BCUT2D eigenvalue weighted by molar-refractivity contribution is 6.30. The standard InChI is InChI=1S/C15H18ClNO2/c1-2-19-14(18)10-13(17)15(8-3-9-15)11-4-6-12(16)7-5-11/h4-7,10H,2-3,8-9,17H2,1H3. The highest BCUT2D eigenvalue weighted by atomic mass is 35.5. The van der Waals surface area contributed by atoms with E-state index in [-0.39, 0.29) is 11.4 Å². The Kier molecular flexibility index (Phi) is 4.15. The summed E-state index contributed by atoms with van der Waals surface area (Å²) in [6.45, 7) is 2.14. The molecule has 0 spiro atoms. The number of hydrogen-bond donors (Lipinski definition) is 1. The van der Waals surface area contributed by atoms with E-state index in [1.807, 2.05) is 24.3 Å². The number of carbonyl (C=O) groups is 1. The first kappa shape index (κ1) is 13.9. The van der Waals surface area contributed by atoms with Crippen molar-refractivity contribution in [3.8, 4) is 0 Å². The largest absolute Gasteiger partial charge is 0.463 e. The Labute approximate surface area is 118 Å². The molecule has 1 saturated carbocycles. The van der Waals surface area contributed by atoms with Crippen LogP contribution in [0.15, 0.2) is 36.0 Å². The molecule has 19 heavy (non-hydrogen) atoms. The molecule has 0 atom stereocenters. The molecule has 0 bridgehead atoms. The molecule has 2 rings (SSSR count). The Morgan fingerprint density at radius 1 is 1.42 bits per heavy atom. The second-order valence-electron chi connectivity index (χ2n) is 4.79. The molecule has 0 aliphatic heterocycles. The molecule has 0 saturated heterocycles. The third kappa shape index (κ3) is 2.76. The summed E-state index contributed by atoms with van der Waals surface area (Å²) >= 11 is 5.91. The molecule has 0 radical (unpaired) electrons. The van der Waals surface area contributed by atoms with Crippen molar-refractivity contribution < 1.29 is 9.53 Å². The van der Waals surface area contributed by atoms with Crippen molar-refractivity contribution in [2.45, 2.75) is 31.6 Å². The van der Waals surface area contributed by atoms with Gasteiger partial charge in [0.05, 0.1) is 6.61 Å². The number of allylic oxidation sites excluding steroid dienone is 1. The van der Waals surface area contributed by atoms with Crippen molar-refractivity contribution in [2.24, 2.45) is 5.73 Å². The van der Waals surface area contributed by atoms with Gasteiger partial charge in [-0.3, -0.25) is 0 Å². The van der Waals surface area contributed by atoms with Crippen LogP contribution in [0.3, 0.4) is 0 Å². The number of carbonyl (C=O) groups excluding carboxylic acids is 1. The molecule has 1 aromatic rings. The van der Waals surface area contributed by atoms with Crippen molar-refractivity contribution in [1.82, 2.24) is 0 Å². The summed E-state index contributed by atoms with van der Waals surface area (Å²) in [7, 11) is 0. The van der Waals surface area contributed by atoms with Crippen LogP contribution in [0.2, 0.25) is 5.02 Å². The van der Waals surface area contributed by atoms with E-state index in [0.717, 1.165) is 24.8 Å². The van der Waals surface area contributed by atoms with Gasteiger partial charge in [-0.25, -0.2) is 4.79 Å². The summed E-state index contributed by atoms with van der Waals surface area (Å²) in [5.74, 6) is -0.375. The van der Waals surface area contributed by atoms with Gasteiger partial charge in [-0.2, -0.15) is 0 Å². The fourth-order valence-corrected chi connectivity index (χ4v) is 2.62. The van der Waals surface area contributed by atoms with E-state index >= 15 is 0 Å². The van der Waals surface area contributed by atoms with Gasteiger partial charge in [-0.1, -0.05) is 30.2 Å². The lowest BCUT2D eigenvalue weighted by molar-refractivity contribution is -0.137. The van der Waals surface area contributed by atoms with Gasteiger partial charge in [0.15, 0.2) is 0 Å². The zero-order valence-electron chi connectivity index (χ0n) is 11.0. The van der Waals surface area contributed by atoms with E-state index in [0.29, 0.717) is 17.3 Å². The molecule has 102 valence electrons. The Morgan fingerprint density at radius 3 is 2.53 bits per heavy atom. The molecule has 0 unspecified atom stereocenters. The fraction of sp³-hybridized carbons (Fsp3) is 0.400. The number of hydrogen-bond acceptors (Lipinski definition) is 3. The van der Waals surface area contributed by atoms with E-state index in [2.05, 4.69) is 0 Å². The summed E-state index contributed by atoms with van der Waals surface area (Å²) < 4.78 is 4.91. The number of benzene rings is 1. The van der Waals surface area contributed by atoms with Crippen LogP contribution in [-0.4, -0.2) is 12.6 Å². The first-order chi connectivity index (χ1) is 9.08. The molecule has 0 amide bonds. The third-order valence-electron chi connectivity index (χ3n) is 3.72. The van der Waals surface area contributed by atoms with Gasteiger partial charge in [-0.05, 0) is 37.5 Å². The summed E-state index contributed by atoms with van der Waals surface area (Å²) in [6, 6.07) is 7.67. The zero-order valence-corrected chi connectivity index (χ0v) is 11.7. The third-order valence-corrected chi connectivity index (χ3v) is 3.97. The Bertz CT molecular complexity index is 489. The highest BCUT2D eigenvalue weighted by Crippen LogP contribution is 2.47. The maximum Gasteiger partial charge on any atom is 0.332 e. The van der Waals surface area contributed by atoms with Crippen LogP contribution in [0.25, 0.3) is 0 Å². The molecule has 1 aromatic carbocycles. The first-order valence-corrected chi connectivity index (χ1v) is 6.87. The van der Waals surface area contributed by atoms with Crippen molar-refractivity contribution >= 4 is 17.6 Å². The topological polar surface area (TPSA) is 52.3 Å². The van der Waals surface area contributed by atoms with Crippen molar-refractivity contribution in [3.63, 3.8) is 0 Å². The normalized spacial score (nSPS) is 17.7. The van der Waals surface area contributed by atoms with Crippen LogP contribution >= 0.6 is 11.6 Å². The lowest BCUT2D eigenvalue weighted by atomic mass is 9.62.